The van der Waals surface area contributed by atoms with Crippen LogP contribution < -0.4 is 26.0 Å². The highest BCUT2D eigenvalue weighted by molar-refractivity contribution is 6.26. The summed E-state index contributed by atoms with van der Waals surface area (Å²) in [4.78, 5) is 13.4. The van der Waals surface area contributed by atoms with E-state index in [0.29, 0.717) is 18.7 Å². The van der Waals surface area contributed by atoms with Gasteiger partial charge in [-0.3, -0.25) is 4.79 Å². The minimum atomic E-state index is -0.0415. The fraction of sp³-hybridized carbons (Fsp3) is 0.154. The van der Waals surface area contributed by atoms with E-state index in [2.05, 4.69) is 126 Å². The Kier molecular flexibility index (Phi) is 6.65. The summed E-state index contributed by atoms with van der Waals surface area (Å²) in [5.74, 6) is 1.60. The summed E-state index contributed by atoms with van der Waals surface area (Å²) in [6, 6.07) is 33.6. The lowest BCUT2D eigenvalue weighted by Gasteiger charge is -2.25. The van der Waals surface area contributed by atoms with Crippen molar-refractivity contribution < 1.29 is 14.8 Å². The molecule has 1 aliphatic rings. The fourth-order valence-corrected chi connectivity index (χ4v) is 6.83. The number of carbonyl (C=O) groups excluding carboxylic acids is 1. The first kappa shape index (κ1) is 27.2. The van der Waals surface area contributed by atoms with Gasteiger partial charge in [0.2, 0.25) is 0 Å². The van der Waals surface area contributed by atoms with Crippen molar-refractivity contribution in [2.75, 3.05) is 30.3 Å². The number of amides is 1. The van der Waals surface area contributed by atoms with Gasteiger partial charge in [-0.15, -0.1) is 0 Å². The summed E-state index contributed by atoms with van der Waals surface area (Å²) < 4.78 is 6.47. The van der Waals surface area contributed by atoms with Crippen molar-refractivity contribution in [2.45, 2.75) is 20.3 Å². The third-order valence-corrected chi connectivity index (χ3v) is 9.01. The maximum Gasteiger partial charge on any atom is 0.251 e. The second-order valence-corrected chi connectivity index (χ2v) is 11.9. The van der Waals surface area contributed by atoms with E-state index in [1.165, 1.54) is 27.4 Å². The summed E-state index contributed by atoms with van der Waals surface area (Å²) in [5, 5.41) is 21.8. The molecule has 0 fully saturated rings. The molecule has 7 aromatic carbocycles. The lowest BCUT2D eigenvalue weighted by molar-refractivity contribution is -0.568. The predicted octanol–water partition coefficient (Wildman–Crippen LogP) is 8.34. The van der Waals surface area contributed by atoms with E-state index in [-0.39, 0.29) is 5.91 Å². The monoisotopic (exact) mass is 591 g/mol. The van der Waals surface area contributed by atoms with E-state index in [4.69, 9.17) is 4.74 Å². The lowest BCUT2D eigenvalue weighted by Crippen LogP contribution is -2.77. The molecule has 45 heavy (non-hydrogen) atoms. The first-order valence-corrected chi connectivity index (χ1v) is 15.8. The molecule has 0 unspecified atom stereocenters. The summed E-state index contributed by atoms with van der Waals surface area (Å²) in [6.45, 7) is 6.54. The van der Waals surface area contributed by atoms with E-state index in [9.17, 15) is 4.79 Å². The van der Waals surface area contributed by atoms with Gasteiger partial charge < -0.3 is 26.0 Å². The SMILES string of the molecule is CC[NH2+]c1cc2c(cc1C)Nc1c(cc(NCCCNC(=O)c3ccc4ccc5cccc6ccc3c4c56)c3ccccc13)O2. The maximum atomic E-state index is 13.4. The summed E-state index contributed by atoms with van der Waals surface area (Å²) in [6.07, 6.45) is 0.778. The Morgan fingerprint density at radius 1 is 0.778 bits per heavy atom. The molecule has 0 spiro atoms. The number of ether oxygens (including phenoxy) is 1. The molecule has 0 saturated carbocycles. The van der Waals surface area contributed by atoms with Gasteiger partial charge in [-0.25, -0.2) is 0 Å². The standard InChI is InChI=1S/C39H34N4O2/c1-3-40-31-21-34-33(20-23(31)2)43-38-29-11-5-4-10-27(29)32(22-35(38)45-34)41-18-7-19-42-39(44)30-17-15-26-13-12-24-8-6-9-25-14-16-28(30)37(26)36(24)25/h4-6,8-17,20-22,40-41,43H,3,7,18-19H2,1-2H3,(H,42,44)/p+1. The highest BCUT2D eigenvalue weighted by atomic mass is 16.5. The minimum absolute atomic E-state index is 0.0415. The Morgan fingerprint density at radius 2 is 1.53 bits per heavy atom. The number of quaternary nitrogens is 1. The number of aryl methyl sites for hydroxylation is 1. The summed E-state index contributed by atoms with van der Waals surface area (Å²) in [7, 11) is 0. The van der Waals surface area contributed by atoms with Gasteiger partial charge in [0.25, 0.3) is 5.91 Å². The van der Waals surface area contributed by atoms with Gasteiger partial charge in [0.15, 0.2) is 11.5 Å². The molecule has 1 aliphatic heterocycles. The van der Waals surface area contributed by atoms with Crippen LogP contribution in [0.1, 0.15) is 29.3 Å². The zero-order valence-electron chi connectivity index (χ0n) is 25.5. The molecule has 0 radical (unpaired) electrons. The Morgan fingerprint density at radius 3 is 2.36 bits per heavy atom. The molecule has 0 saturated heterocycles. The molecule has 6 nitrogen and oxygen atoms in total. The number of hydrogen-bond donors (Lipinski definition) is 4. The third kappa shape index (κ3) is 4.66. The van der Waals surface area contributed by atoms with Crippen molar-refractivity contribution in [1.29, 1.82) is 0 Å². The van der Waals surface area contributed by atoms with Crippen molar-refractivity contribution in [3.63, 3.8) is 0 Å². The lowest BCUT2D eigenvalue weighted by atomic mass is 9.92. The van der Waals surface area contributed by atoms with Crippen molar-refractivity contribution in [3.05, 3.63) is 108 Å². The van der Waals surface area contributed by atoms with Gasteiger partial charge in [0.1, 0.15) is 5.69 Å². The van der Waals surface area contributed by atoms with Gasteiger partial charge in [0.05, 0.1) is 17.9 Å². The normalized spacial score (nSPS) is 12.2. The molecule has 6 heteroatoms. The van der Waals surface area contributed by atoms with Crippen LogP contribution in [-0.2, 0) is 0 Å². The zero-order valence-corrected chi connectivity index (χ0v) is 25.5. The van der Waals surface area contributed by atoms with Crippen molar-refractivity contribution in [3.8, 4) is 11.5 Å². The Bertz CT molecular complexity index is 2240. The average molecular weight is 592 g/mol. The van der Waals surface area contributed by atoms with Gasteiger partial charge in [0, 0.05) is 52.8 Å². The van der Waals surface area contributed by atoms with E-state index in [1.807, 2.05) is 6.07 Å². The molecule has 0 aliphatic carbocycles. The molecule has 5 N–H and O–H groups in total. The van der Waals surface area contributed by atoms with Gasteiger partial charge in [-0.1, -0.05) is 72.8 Å². The molecule has 0 bridgehead atoms. The molecule has 0 atom stereocenters. The van der Waals surface area contributed by atoms with E-state index >= 15 is 0 Å². The molecule has 8 rings (SSSR count). The molecular formula is C39H35N4O2+. The topological polar surface area (TPSA) is 79.0 Å². The number of benzene rings is 7. The number of hydrogen-bond acceptors (Lipinski definition) is 4. The number of anilines is 3. The van der Waals surface area contributed by atoms with Gasteiger partial charge in [-0.05, 0) is 64.7 Å². The van der Waals surface area contributed by atoms with Crippen LogP contribution in [0, 0.1) is 6.92 Å². The smallest absolute Gasteiger partial charge is 0.251 e. The van der Waals surface area contributed by atoms with Crippen LogP contribution in [0.15, 0.2) is 97.1 Å². The average Bonchev–Trinajstić information content (AvgIpc) is 3.06. The third-order valence-electron chi connectivity index (χ3n) is 9.01. The van der Waals surface area contributed by atoms with Crippen LogP contribution in [0.5, 0.6) is 11.5 Å². The first-order chi connectivity index (χ1) is 22.1. The number of nitrogens with two attached hydrogens (primary N) is 1. The zero-order chi connectivity index (χ0) is 30.5. The van der Waals surface area contributed by atoms with Gasteiger partial charge in [-0.2, -0.15) is 0 Å². The van der Waals surface area contributed by atoms with E-state index in [0.717, 1.165) is 68.5 Å². The Balaban J connectivity index is 0.981. The predicted molar refractivity (Wildman–Crippen MR) is 186 cm³/mol. The van der Waals surface area contributed by atoms with Crippen LogP contribution >= 0.6 is 0 Å². The molecule has 7 aromatic rings. The first-order valence-electron chi connectivity index (χ1n) is 15.8. The highest BCUT2D eigenvalue weighted by Gasteiger charge is 2.23. The van der Waals surface area contributed by atoms with Crippen LogP contribution in [0.4, 0.5) is 22.7 Å². The van der Waals surface area contributed by atoms with Crippen LogP contribution in [0.25, 0.3) is 43.1 Å². The van der Waals surface area contributed by atoms with Crippen LogP contribution in [-0.4, -0.2) is 25.5 Å². The molecule has 0 aromatic heterocycles. The highest BCUT2D eigenvalue weighted by Crippen LogP contribution is 2.48. The number of rotatable bonds is 8. The van der Waals surface area contributed by atoms with Crippen LogP contribution in [0.2, 0.25) is 0 Å². The molecule has 1 heterocycles. The molecule has 222 valence electrons. The fourth-order valence-electron chi connectivity index (χ4n) is 6.83. The summed E-state index contributed by atoms with van der Waals surface area (Å²) in [5.41, 5.74) is 6.12. The second-order valence-electron chi connectivity index (χ2n) is 11.9. The Labute approximate surface area is 261 Å². The Hall–Kier alpha value is -5.33. The number of carbonyl (C=O) groups is 1. The summed E-state index contributed by atoms with van der Waals surface area (Å²) >= 11 is 0. The van der Waals surface area contributed by atoms with E-state index in [1.54, 1.807) is 0 Å². The molecule has 1 amide bonds. The quantitative estimate of drug-likeness (QED) is 0.0814. The minimum Gasteiger partial charge on any atom is -0.453 e. The largest absolute Gasteiger partial charge is 0.453 e. The maximum absolute atomic E-state index is 13.4. The van der Waals surface area contributed by atoms with Gasteiger partial charge >= 0.3 is 0 Å². The number of nitrogens with one attached hydrogen (secondary N) is 3. The van der Waals surface area contributed by atoms with Crippen molar-refractivity contribution in [2.24, 2.45) is 0 Å². The van der Waals surface area contributed by atoms with Crippen molar-refractivity contribution >= 4 is 71.7 Å². The second kappa shape index (κ2) is 11.0. The van der Waals surface area contributed by atoms with E-state index < -0.39 is 0 Å². The van der Waals surface area contributed by atoms with Crippen LogP contribution in [0.3, 0.4) is 0 Å². The molecular weight excluding hydrogens is 556 g/mol. The number of fused-ring (bicyclic) bond motifs is 4. The van der Waals surface area contributed by atoms with Crippen molar-refractivity contribution in [1.82, 2.24) is 5.32 Å².